The molecule has 0 atom stereocenters. The van der Waals surface area contributed by atoms with Crippen molar-refractivity contribution in [2.24, 2.45) is 0 Å². The number of benzene rings is 8. The third kappa shape index (κ3) is 4.10. The lowest BCUT2D eigenvalue weighted by Crippen LogP contribution is -2.29. The van der Waals surface area contributed by atoms with Gasteiger partial charge in [0.25, 0.3) is 0 Å². The van der Waals surface area contributed by atoms with E-state index in [0.29, 0.717) is 0 Å². The molecule has 0 amide bonds. The van der Waals surface area contributed by atoms with Crippen molar-refractivity contribution >= 4 is 38.6 Å². The van der Waals surface area contributed by atoms with E-state index in [1.54, 1.807) is 0 Å². The van der Waals surface area contributed by atoms with Crippen LogP contribution >= 0.6 is 0 Å². The molecule has 47 heavy (non-hydrogen) atoms. The quantitative estimate of drug-likeness (QED) is 0.178. The van der Waals surface area contributed by atoms with Gasteiger partial charge in [-0.15, -0.1) is 0 Å². The molecule has 1 nitrogen and oxygen atoms in total. The number of para-hydroxylation sites is 2. The minimum absolute atomic E-state index is 0.485. The Hall–Kier alpha value is -5.92. The average Bonchev–Trinajstić information content (AvgIpc) is 3.45. The predicted molar refractivity (Wildman–Crippen MR) is 198 cm³/mol. The molecule has 8 aromatic rings. The third-order valence-corrected chi connectivity index (χ3v) is 9.93. The highest BCUT2D eigenvalue weighted by Gasteiger charge is 2.48. The Morgan fingerprint density at radius 3 is 1.53 bits per heavy atom. The van der Waals surface area contributed by atoms with E-state index in [1.807, 2.05) is 0 Å². The van der Waals surface area contributed by atoms with Gasteiger partial charge >= 0.3 is 0 Å². The summed E-state index contributed by atoms with van der Waals surface area (Å²) >= 11 is 0. The van der Waals surface area contributed by atoms with Crippen LogP contribution < -0.4 is 4.90 Å². The molecule has 0 unspecified atom stereocenters. The molecule has 0 spiro atoms. The molecule has 0 saturated heterocycles. The Labute approximate surface area is 276 Å². The Morgan fingerprint density at radius 2 is 0.936 bits per heavy atom. The van der Waals surface area contributed by atoms with Gasteiger partial charge < -0.3 is 4.90 Å². The van der Waals surface area contributed by atoms with E-state index in [0.717, 1.165) is 17.1 Å². The number of hydrogen-bond donors (Lipinski definition) is 0. The molecule has 0 bridgehead atoms. The number of anilines is 3. The summed E-state index contributed by atoms with van der Waals surface area (Å²) in [5, 5.41) is 5.10. The SMILES string of the molecule is Cc1ccc2c(c1)C(c1ccccc1)(c1ccccc1)c1c-2c2ccccc2c2cc(N(c3ccccc3)c3ccccc3)ccc12. The van der Waals surface area contributed by atoms with Gasteiger partial charge in [-0.1, -0.05) is 151 Å². The number of aryl methyl sites for hydroxylation is 1. The summed E-state index contributed by atoms with van der Waals surface area (Å²) in [5.41, 5.74) is 12.1. The normalized spacial score (nSPS) is 13.0. The van der Waals surface area contributed by atoms with Gasteiger partial charge in [0.1, 0.15) is 0 Å². The smallest absolute Gasteiger partial charge is 0.0719 e. The zero-order valence-electron chi connectivity index (χ0n) is 26.3. The highest BCUT2D eigenvalue weighted by atomic mass is 15.1. The van der Waals surface area contributed by atoms with E-state index in [4.69, 9.17) is 0 Å². The van der Waals surface area contributed by atoms with Gasteiger partial charge in [0, 0.05) is 17.1 Å². The molecule has 0 aliphatic heterocycles. The van der Waals surface area contributed by atoms with Crippen LogP contribution in [0.25, 0.3) is 32.7 Å². The fourth-order valence-electron chi connectivity index (χ4n) is 8.05. The van der Waals surface area contributed by atoms with Crippen LogP contribution in [0.1, 0.15) is 27.8 Å². The van der Waals surface area contributed by atoms with Crippen molar-refractivity contribution < 1.29 is 0 Å². The van der Waals surface area contributed by atoms with Crippen LogP contribution in [0.3, 0.4) is 0 Å². The molecule has 0 radical (unpaired) electrons. The molecule has 1 aliphatic rings. The van der Waals surface area contributed by atoms with Crippen LogP contribution in [0.4, 0.5) is 17.1 Å². The molecule has 0 heterocycles. The van der Waals surface area contributed by atoms with Crippen molar-refractivity contribution in [1.29, 1.82) is 0 Å². The molecule has 0 aromatic heterocycles. The standard InChI is InChI=1S/C46H33N/c1-32-26-28-41-43(30-32)46(33-16-6-2-7-17-33,34-18-8-3-9-19-34)45-40-29-27-37(31-42(40)38-24-14-15-25-39(38)44(41)45)47(35-20-10-4-11-21-35)36-22-12-5-13-23-36/h2-31H,1H3. The van der Waals surface area contributed by atoms with E-state index in [1.165, 1.54) is 60.5 Å². The van der Waals surface area contributed by atoms with E-state index < -0.39 is 5.41 Å². The van der Waals surface area contributed by atoms with Crippen molar-refractivity contribution in [2.75, 3.05) is 4.90 Å². The van der Waals surface area contributed by atoms with Crippen molar-refractivity contribution in [3.8, 4) is 11.1 Å². The van der Waals surface area contributed by atoms with Crippen LogP contribution in [-0.2, 0) is 5.41 Å². The van der Waals surface area contributed by atoms with E-state index >= 15 is 0 Å². The summed E-state index contributed by atoms with van der Waals surface area (Å²) in [6.45, 7) is 2.22. The van der Waals surface area contributed by atoms with Crippen LogP contribution in [0.15, 0.2) is 182 Å². The average molecular weight is 600 g/mol. The van der Waals surface area contributed by atoms with Gasteiger partial charge in [-0.3, -0.25) is 0 Å². The third-order valence-electron chi connectivity index (χ3n) is 9.93. The molecule has 9 rings (SSSR count). The second-order valence-electron chi connectivity index (χ2n) is 12.6. The van der Waals surface area contributed by atoms with Gasteiger partial charge in [0.05, 0.1) is 5.41 Å². The van der Waals surface area contributed by atoms with Gasteiger partial charge in [-0.25, -0.2) is 0 Å². The number of rotatable bonds is 5. The summed E-state index contributed by atoms with van der Waals surface area (Å²) in [6.07, 6.45) is 0. The Balaban J connectivity index is 1.44. The number of fused-ring (bicyclic) bond motifs is 8. The number of nitrogens with zero attached hydrogens (tertiary/aromatic N) is 1. The zero-order chi connectivity index (χ0) is 31.4. The van der Waals surface area contributed by atoms with Crippen molar-refractivity contribution in [2.45, 2.75) is 12.3 Å². The molecule has 1 heteroatoms. The maximum atomic E-state index is 2.43. The topological polar surface area (TPSA) is 3.24 Å². The van der Waals surface area contributed by atoms with Crippen LogP contribution in [0.2, 0.25) is 0 Å². The summed E-state index contributed by atoms with van der Waals surface area (Å²) in [5.74, 6) is 0. The van der Waals surface area contributed by atoms with Crippen molar-refractivity contribution in [1.82, 2.24) is 0 Å². The summed E-state index contributed by atoms with van der Waals surface area (Å²) in [6, 6.07) is 66.8. The molecule has 0 N–H and O–H groups in total. The molecular weight excluding hydrogens is 567 g/mol. The minimum atomic E-state index is -0.485. The lowest BCUT2D eigenvalue weighted by Gasteiger charge is -2.35. The zero-order valence-corrected chi connectivity index (χ0v) is 26.3. The van der Waals surface area contributed by atoms with Gasteiger partial charge in [0.2, 0.25) is 0 Å². The van der Waals surface area contributed by atoms with Crippen LogP contribution in [-0.4, -0.2) is 0 Å². The molecule has 0 fully saturated rings. The first-order chi connectivity index (χ1) is 23.2. The van der Waals surface area contributed by atoms with Gasteiger partial charge in [-0.2, -0.15) is 0 Å². The van der Waals surface area contributed by atoms with E-state index in [-0.39, 0.29) is 0 Å². The monoisotopic (exact) mass is 599 g/mol. The Kier molecular flexibility index (Phi) is 6.33. The second-order valence-corrected chi connectivity index (χ2v) is 12.6. The molecule has 0 saturated carbocycles. The lowest BCUT2D eigenvalue weighted by atomic mass is 9.66. The first kappa shape index (κ1) is 27.4. The lowest BCUT2D eigenvalue weighted by molar-refractivity contribution is 0.775. The highest BCUT2D eigenvalue weighted by molar-refractivity contribution is 6.20. The van der Waals surface area contributed by atoms with Gasteiger partial charge in [-0.05, 0) is 98.2 Å². The Morgan fingerprint density at radius 1 is 0.404 bits per heavy atom. The molecular formula is C46H33N. The number of hydrogen-bond acceptors (Lipinski definition) is 1. The fourth-order valence-corrected chi connectivity index (χ4v) is 8.05. The van der Waals surface area contributed by atoms with Crippen LogP contribution in [0.5, 0.6) is 0 Å². The Bertz CT molecular complexity index is 2320. The summed E-state index contributed by atoms with van der Waals surface area (Å²) in [4.78, 5) is 2.36. The second kappa shape index (κ2) is 10.9. The maximum absolute atomic E-state index is 2.43. The fraction of sp³-hybridized carbons (Fsp3) is 0.0435. The summed E-state index contributed by atoms with van der Waals surface area (Å²) in [7, 11) is 0. The predicted octanol–water partition coefficient (Wildman–Crippen LogP) is 12.1. The van der Waals surface area contributed by atoms with Crippen molar-refractivity contribution in [3.05, 3.63) is 210 Å². The summed E-state index contributed by atoms with van der Waals surface area (Å²) < 4.78 is 0. The first-order valence-electron chi connectivity index (χ1n) is 16.4. The van der Waals surface area contributed by atoms with E-state index in [9.17, 15) is 0 Å². The maximum Gasteiger partial charge on any atom is 0.0719 e. The van der Waals surface area contributed by atoms with Crippen LogP contribution in [0, 0.1) is 6.92 Å². The van der Waals surface area contributed by atoms with Crippen molar-refractivity contribution in [3.63, 3.8) is 0 Å². The molecule has 222 valence electrons. The molecule has 8 aromatic carbocycles. The first-order valence-corrected chi connectivity index (χ1v) is 16.4. The van der Waals surface area contributed by atoms with E-state index in [2.05, 4.69) is 194 Å². The highest BCUT2D eigenvalue weighted by Crippen LogP contribution is 2.60. The largest absolute Gasteiger partial charge is 0.310 e. The molecule has 1 aliphatic carbocycles. The minimum Gasteiger partial charge on any atom is -0.310 e. The van der Waals surface area contributed by atoms with Gasteiger partial charge in [0.15, 0.2) is 0 Å².